The van der Waals surface area contributed by atoms with E-state index in [0.29, 0.717) is 30.3 Å². The largest absolute Gasteiger partial charge is 0.376 e. The third-order valence-electron chi connectivity index (χ3n) is 5.73. The van der Waals surface area contributed by atoms with Crippen LogP contribution in [0.15, 0.2) is 5.38 Å². The second kappa shape index (κ2) is 6.73. The maximum Gasteiger partial charge on any atom is 0.226 e. The number of amides is 1. The van der Waals surface area contributed by atoms with Gasteiger partial charge in [0, 0.05) is 36.9 Å². The van der Waals surface area contributed by atoms with Crippen LogP contribution in [0.25, 0.3) is 0 Å². The summed E-state index contributed by atoms with van der Waals surface area (Å²) < 4.78 is 11.7. The first-order valence-electron chi connectivity index (χ1n) is 9.01. The molecular formula is C18H26N2O3S. The fraction of sp³-hybridized carbons (Fsp3) is 0.778. The highest BCUT2D eigenvalue weighted by Crippen LogP contribution is 2.42. The molecule has 5 nitrogen and oxygen atoms in total. The van der Waals surface area contributed by atoms with E-state index in [-0.39, 0.29) is 12.0 Å². The van der Waals surface area contributed by atoms with Crippen molar-refractivity contribution in [2.24, 2.45) is 23.7 Å². The van der Waals surface area contributed by atoms with Crippen LogP contribution in [0.3, 0.4) is 0 Å². The maximum atomic E-state index is 12.4. The highest BCUT2D eigenvalue weighted by molar-refractivity contribution is 7.09. The van der Waals surface area contributed by atoms with Crippen molar-refractivity contribution in [2.45, 2.75) is 39.4 Å². The van der Waals surface area contributed by atoms with Gasteiger partial charge in [-0.05, 0) is 31.6 Å². The molecule has 6 heteroatoms. The minimum atomic E-state index is 0.245. The molecule has 1 aliphatic carbocycles. The van der Waals surface area contributed by atoms with Gasteiger partial charge in [0.25, 0.3) is 0 Å². The molecule has 1 aromatic heterocycles. The van der Waals surface area contributed by atoms with Crippen molar-refractivity contribution in [1.29, 1.82) is 0 Å². The first kappa shape index (κ1) is 16.5. The monoisotopic (exact) mass is 350 g/mol. The molecule has 5 atom stereocenters. The predicted molar refractivity (Wildman–Crippen MR) is 91.7 cm³/mol. The van der Waals surface area contributed by atoms with E-state index in [1.165, 1.54) is 0 Å². The number of rotatable bonds is 6. The Bertz CT molecular complexity index is 605. The molecule has 0 radical (unpaired) electrons. The van der Waals surface area contributed by atoms with Crippen LogP contribution in [0, 0.1) is 30.6 Å². The number of hydrogen-bond donors (Lipinski definition) is 0. The van der Waals surface area contributed by atoms with Crippen molar-refractivity contribution in [3.05, 3.63) is 16.1 Å². The Morgan fingerprint density at radius 2 is 2.33 bits per heavy atom. The van der Waals surface area contributed by atoms with E-state index >= 15 is 0 Å². The Labute approximate surface area is 147 Å². The van der Waals surface area contributed by atoms with E-state index in [1.54, 1.807) is 11.3 Å². The van der Waals surface area contributed by atoms with Crippen molar-refractivity contribution in [1.82, 2.24) is 9.88 Å². The van der Waals surface area contributed by atoms with Gasteiger partial charge >= 0.3 is 0 Å². The summed E-state index contributed by atoms with van der Waals surface area (Å²) in [5.41, 5.74) is 1.02. The number of fused-ring (bicyclic) bond motifs is 1. The standard InChI is InChI=1S/C18H26N2O3S/c1-11-5-15(11)18(21)20-6-16-13(8-23-17(16)7-20)3-4-22-9-14-10-24-12(2)19-14/h10-11,13,15-17H,3-9H2,1-2H3/t11-,13+,15-,16+,17+/m1/s1. The Morgan fingerprint density at radius 3 is 3.04 bits per heavy atom. The third kappa shape index (κ3) is 3.37. The summed E-state index contributed by atoms with van der Waals surface area (Å²) in [4.78, 5) is 18.9. The van der Waals surface area contributed by atoms with E-state index in [4.69, 9.17) is 9.47 Å². The smallest absolute Gasteiger partial charge is 0.226 e. The summed E-state index contributed by atoms with van der Waals surface area (Å²) in [5, 5.41) is 3.14. The van der Waals surface area contributed by atoms with Crippen LogP contribution >= 0.6 is 11.3 Å². The summed E-state index contributed by atoms with van der Waals surface area (Å²) in [5.74, 6) is 2.23. The minimum Gasteiger partial charge on any atom is -0.376 e. The molecule has 0 spiro atoms. The molecular weight excluding hydrogens is 324 g/mol. The van der Waals surface area contributed by atoms with Crippen molar-refractivity contribution in [3.63, 3.8) is 0 Å². The fourth-order valence-electron chi connectivity index (χ4n) is 4.06. The van der Waals surface area contributed by atoms with Crippen LogP contribution in [-0.4, -0.2) is 48.2 Å². The highest BCUT2D eigenvalue weighted by atomic mass is 32.1. The minimum absolute atomic E-state index is 0.245. The van der Waals surface area contributed by atoms with Crippen LogP contribution in [0.5, 0.6) is 0 Å². The molecule has 0 N–H and O–H groups in total. The van der Waals surface area contributed by atoms with Gasteiger partial charge in [-0.15, -0.1) is 11.3 Å². The molecule has 4 rings (SSSR count). The number of likely N-dealkylation sites (tertiary alicyclic amines) is 1. The lowest BCUT2D eigenvalue weighted by Crippen LogP contribution is -2.32. The van der Waals surface area contributed by atoms with E-state index in [1.807, 2.05) is 6.92 Å². The molecule has 2 saturated heterocycles. The quantitative estimate of drug-likeness (QED) is 0.740. The van der Waals surface area contributed by atoms with Crippen molar-refractivity contribution < 1.29 is 14.3 Å². The van der Waals surface area contributed by atoms with E-state index < -0.39 is 0 Å². The molecule has 1 amide bonds. The van der Waals surface area contributed by atoms with E-state index in [9.17, 15) is 4.79 Å². The number of ether oxygens (including phenoxy) is 2. The van der Waals surface area contributed by atoms with E-state index in [2.05, 4.69) is 22.2 Å². The molecule has 3 heterocycles. The molecule has 3 fully saturated rings. The molecule has 24 heavy (non-hydrogen) atoms. The molecule has 2 aliphatic heterocycles. The average Bonchev–Trinajstić information content (AvgIpc) is 2.93. The second-order valence-electron chi connectivity index (χ2n) is 7.56. The van der Waals surface area contributed by atoms with Crippen LogP contribution in [0.1, 0.15) is 30.5 Å². The van der Waals surface area contributed by atoms with Gasteiger partial charge in [-0.2, -0.15) is 0 Å². The van der Waals surface area contributed by atoms with Gasteiger partial charge < -0.3 is 14.4 Å². The third-order valence-corrected chi connectivity index (χ3v) is 6.55. The lowest BCUT2D eigenvalue weighted by molar-refractivity contribution is -0.132. The molecule has 0 unspecified atom stereocenters. The number of nitrogens with zero attached hydrogens (tertiary/aromatic N) is 2. The molecule has 1 aromatic rings. The van der Waals surface area contributed by atoms with Gasteiger partial charge in [0.1, 0.15) is 0 Å². The molecule has 132 valence electrons. The van der Waals surface area contributed by atoms with E-state index in [0.717, 1.165) is 49.8 Å². The summed E-state index contributed by atoms with van der Waals surface area (Å²) in [6, 6.07) is 0. The fourth-order valence-corrected chi connectivity index (χ4v) is 4.66. The van der Waals surface area contributed by atoms with Gasteiger partial charge in [-0.3, -0.25) is 4.79 Å². The Kier molecular flexibility index (Phi) is 4.62. The number of thiazole rings is 1. The highest BCUT2D eigenvalue weighted by Gasteiger charge is 2.49. The first-order chi connectivity index (χ1) is 11.6. The number of hydrogen-bond acceptors (Lipinski definition) is 5. The molecule has 0 bridgehead atoms. The molecule has 1 saturated carbocycles. The Balaban J connectivity index is 1.22. The molecule has 3 aliphatic rings. The van der Waals surface area contributed by atoms with Gasteiger partial charge in [0.05, 0.1) is 30.0 Å². The van der Waals surface area contributed by atoms with Crippen LogP contribution in [0.4, 0.5) is 0 Å². The predicted octanol–water partition coefficient (Wildman–Crippen LogP) is 2.49. The molecule has 0 aromatic carbocycles. The summed E-state index contributed by atoms with van der Waals surface area (Å²) >= 11 is 1.66. The zero-order valence-corrected chi connectivity index (χ0v) is 15.3. The number of aryl methyl sites for hydroxylation is 1. The summed E-state index contributed by atoms with van der Waals surface area (Å²) in [6.07, 6.45) is 2.32. The number of carbonyl (C=O) groups is 1. The van der Waals surface area contributed by atoms with Crippen LogP contribution in [-0.2, 0) is 20.9 Å². The number of carbonyl (C=O) groups excluding carboxylic acids is 1. The summed E-state index contributed by atoms with van der Waals surface area (Å²) in [6.45, 7) is 8.00. The van der Waals surface area contributed by atoms with Gasteiger partial charge in [-0.25, -0.2) is 4.98 Å². The topological polar surface area (TPSA) is 51.7 Å². The van der Waals surface area contributed by atoms with Gasteiger partial charge in [0.15, 0.2) is 0 Å². The SMILES string of the molecule is Cc1nc(COCC[C@H]2CO[C@H]3CN(C(=O)[C@@H]4C[C@H]4C)C[C@@H]23)cs1. The maximum absolute atomic E-state index is 12.4. The van der Waals surface area contributed by atoms with Crippen LogP contribution < -0.4 is 0 Å². The Hall–Kier alpha value is -0.980. The zero-order valence-electron chi connectivity index (χ0n) is 14.4. The van der Waals surface area contributed by atoms with Crippen molar-refractivity contribution >= 4 is 17.2 Å². The number of aromatic nitrogens is 1. The average molecular weight is 350 g/mol. The van der Waals surface area contributed by atoms with Crippen molar-refractivity contribution in [2.75, 3.05) is 26.3 Å². The lowest BCUT2D eigenvalue weighted by atomic mass is 9.91. The lowest BCUT2D eigenvalue weighted by Gasteiger charge is -2.20. The second-order valence-corrected chi connectivity index (χ2v) is 8.62. The zero-order chi connectivity index (χ0) is 16.7. The van der Waals surface area contributed by atoms with Gasteiger partial charge in [-0.1, -0.05) is 6.92 Å². The summed E-state index contributed by atoms with van der Waals surface area (Å²) in [7, 11) is 0. The first-order valence-corrected chi connectivity index (χ1v) is 9.89. The van der Waals surface area contributed by atoms with Crippen LogP contribution in [0.2, 0.25) is 0 Å². The van der Waals surface area contributed by atoms with Crippen molar-refractivity contribution in [3.8, 4) is 0 Å². The van der Waals surface area contributed by atoms with Gasteiger partial charge in [0.2, 0.25) is 5.91 Å². The normalized spacial score (nSPS) is 34.6. The Morgan fingerprint density at radius 1 is 1.50 bits per heavy atom.